The van der Waals surface area contributed by atoms with Crippen molar-refractivity contribution in [2.75, 3.05) is 11.9 Å². The van der Waals surface area contributed by atoms with Gasteiger partial charge in [-0.05, 0) is 90.3 Å². The van der Waals surface area contributed by atoms with Gasteiger partial charge in [0.05, 0.1) is 17.5 Å². The molecular formula is C41H55N7O9S2. The molecule has 0 bridgehead atoms. The van der Waals surface area contributed by atoms with Gasteiger partial charge in [-0.3, -0.25) is 24.0 Å². The van der Waals surface area contributed by atoms with Crippen molar-refractivity contribution in [3.05, 3.63) is 46.9 Å². The average Bonchev–Trinajstić information content (AvgIpc) is 3.96. The molecule has 16 nitrogen and oxygen atoms in total. The lowest BCUT2D eigenvalue weighted by atomic mass is 10.0. The van der Waals surface area contributed by atoms with Gasteiger partial charge in [0.15, 0.2) is 5.13 Å². The Kier molecular flexibility index (Phi) is 12.0. The van der Waals surface area contributed by atoms with Gasteiger partial charge in [-0.1, -0.05) is 37.1 Å². The summed E-state index contributed by atoms with van der Waals surface area (Å²) in [5.41, 5.74) is 1.30. The monoisotopic (exact) mass is 853 g/mol. The van der Waals surface area contributed by atoms with Crippen LogP contribution in [0.4, 0.5) is 14.7 Å². The van der Waals surface area contributed by atoms with Crippen molar-refractivity contribution in [2.24, 2.45) is 5.92 Å². The van der Waals surface area contributed by atoms with E-state index in [1.54, 1.807) is 25.7 Å². The fraction of sp³-hybridized carbons (Fsp3) is 0.610. The fourth-order valence-corrected chi connectivity index (χ4v) is 10.1. The molecule has 4 N–H and O–H groups in total. The molecular weight excluding hydrogens is 799 g/mol. The summed E-state index contributed by atoms with van der Waals surface area (Å²) in [7, 11) is -3.92. The Hall–Kier alpha value is -4.71. The molecule has 0 unspecified atom stereocenters. The molecule has 4 heterocycles. The number of nitrogens with zero attached hydrogens (tertiary/aromatic N) is 3. The van der Waals surface area contributed by atoms with Gasteiger partial charge in [-0.15, -0.1) is 11.3 Å². The Morgan fingerprint density at radius 2 is 1.81 bits per heavy atom. The predicted molar refractivity (Wildman–Crippen MR) is 220 cm³/mol. The van der Waals surface area contributed by atoms with Crippen LogP contribution in [-0.2, 0) is 47.0 Å². The number of carbonyl (C=O) groups excluding carboxylic acids is 5. The van der Waals surface area contributed by atoms with E-state index >= 15 is 0 Å². The van der Waals surface area contributed by atoms with Crippen LogP contribution in [0.15, 0.2) is 35.7 Å². The summed E-state index contributed by atoms with van der Waals surface area (Å²) in [6, 6.07) is 3.97. The Balaban J connectivity index is 1.10. The summed E-state index contributed by atoms with van der Waals surface area (Å²) in [6.45, 7) is 9.70. The first kappa shape index (κ1) is 42.4. The van der Waals surface area contributed by atoms with Crippen LogP contribution in [0, 0.1) is 5.92 Å². The van der Waals surface area contributed by atoms with Gasteiger partial charge in [0.2, 0.25) is 21.8 Å². The number of allylic oxidation sites excluding steroid dienone is 1. The molecule has 0 radical (unpaired) electrons. The predicted octanol–water partition coefficient (Wildman–Crippen LogP) is 4.95. The summed E-state index contributed by atoms with van der Waals surface area (Å²) in [6.07, 6.45) is 5.52. The third-order valence-corrected chi connectivity index (χ3v) is 13.8. The number of hydrogen-bond donors (Lipinski definition) is 4. The maximum Gasteiger partial charge on any atom is 0.410 e. The average molecular weight is 854 g/mol. The van der Waals surface area contributed by atoms with Crippen molar-refractivity contribution < 1.29 is 41.9 Å². The van der Waals surface area contributed by atoms with Crippen molar-refractivity contribution in [2.45, 2.75) is 146 Å². The van der Waals surface area contributed by atoms with Gasteiger partial charge >= 0.3 is 12.2 Å². The Labute approximate surface area is 349 Å². The SMILES string of the molecule is CC(C)Nc1nc(-c2ccc3c(c2)CN(C(=O)O[C@@H]2C[C@H]4C(=O)N[C@]5(C(=O)NS(=O)(=O)C6CC6)C[C@H]5/C=C/CCCCC[C@H](NC(=O)OC(C)(C)C)C(=O)N4C2)C3)cs1. The lowest BCUT2D eigenvalue weighted by molar-refractivity contribution is -0.141. The first-order chi connectivity index (χ1) is 27.9. The molecule has 1 saturated heterocycles. The molecule has 320 valence electrons. The highest BCUT2D eigenvalue weighted by molar-refractivity contribution is 7.91. The van der Waals surface area contributed by atoms with E-state index in [0.29, 0.717) is 38.8 Å². The second-order valence-corrected chi connectivity index (χ2v) is 20.5. The van der Waals surface area contributed by atoms with Gasteiger partial charge in [0.1, 0.15) is 29.3 Å². The lowest BCUT2D eigenvalue weighted by Crippen LogP contribution is -2.58. The topological polar surface area (TPSA) is 205 Å². The molecule has 5 atom stereocenters. The van der Waals surface area contributed by atoms with E-state index < -0.39 is 80.4 Å². The molecule has 2 aromatic rings. The highest BCUT2D eigenvalue weighted by Crippen LogP contribution is 2.46. The van der Waals surface area contributed by atoms with Gasteiger partial charge in [-0.25, -0.2) is 23.0 Å². The van der Waals surface area contributed by atoms with Crippen LogP contribution in [-0.4, -0.2) is 100 Å². The van der Waals surface area contributed by atoms with Crippen molar-refractivity contribution in [1.82, 2.24) is 30.1 Å². The number of thiazole rings is 1. The van der Waals surface area contributed by atoms with Crippen LogP contribution in [0.3, 0.4) is 0 Å². The van der Waals surface area contributed by atoms with Crippen molar-refractivity contribution >= 4 is 56.4 Å². The number of fused-ring (bicyclic) bond motifs is 3. The van der Waals surface area contributed by atoms with Crippen molar-refractivity contribution in [1.29, 1.82) is 0 Å². The Morgan fingerprint density at radius 1 is 1.05 bits per heavy atom. The fourth-order valence-electron chi connectivity index (χ4n) is 7.92. The highest BCUT2D eigenvalue weighted by Gasteiger charge is 2.62. The third-order valence-electron chi connectivity index (χ3n) is 11.2. The zero-order chi connectivity index (χ0) is 42.3. The standard InChI is InChI=1S/C41H55N7O9S2/c1-24(2)42-37-43-32(23-58-37)25-13-14-26-20-47(21-27(26)17-25)39(53)56-29-18-33-34(49)45-41(36(51)46-59(54,55)30-15-16-30)19-28(41)11-9-7-6-8-10-12-31(35(50)48(33)22-29)44-38(52)57-40(3,4)5/h9,11,13-14,17,23-24,28-31,33H,6-8,10,12,15-16,18-22H2,1-5H3,(H,42,43)(H,44,52)(H,45,49)(H,46,51)/b11-9+/t28-,29-,31+,33+,41-/m1/s1. The summed E-state index contributed by atoms with van der Waals surface area (Å²) < 4.78 is 39.4. The minimum atomic E-state index is -3.92. The van der Waals surface area contributed by atoms with Crippen LogP contribution < -0.4 is 20.7 Å². The number of rotatable bonds is 8. The zero-order valence-electron chi connectivity index (χ0n) is 34.2. The molecule has 2 aliphatic carbocycles. The van der Waals surface area contributed by atoms with Crippen LogP contribution in [0.1, 0.15) is 104 Å². The van der Waals surface area contributed by atoms with Gasteiger partial charge in [0, 0.05) is 42.4 Å². The molecule has 0 spiro atoms. The maximum absolute atomic E-state index is 14.5. The highest BCUT2D eigenvalue weighted by atomic mass is 32.2. The molecule has 3 fully saturated rings. The maximum atomic E-state index is 14.5. The van der Waals surface area contributed by atoms with E-state index in [1.807, 2.05) is 49.6 Å². The number of alkyl carbamates (subject to hydrolysis) is 1. The van der Waals surface area contributed by atoms with E-state index in [9.17, 15) is 32.4 Å². The zero-order valence-corrected chi connectivity index (χ0v) is 35.9. The van der Waals surface area contributed by atoms with Crippen LogP contribution >= 0.6 is 11.3 Å². The van der Waals surface area contributed by atoms with E-state index in [2.05, 4.69) is 20.7 Å². The van der Waals surface area contributed by atoms with E-state index in [-0.39, 0.29) is 31.8 Å². The summed E-state index contributed by atoms with van der Waals surface area (Å²) in [5.74, 6) is -2.52. The van der Waals surface area contributed by atoms with Gasteiger partial charge < -0.3 is 30.3 Å². The summed E-state index contributed by atoms with van der Waals surface area (Å²) >= 11 is 1.52. The van der Waals surface area contributed by atoms with Crippen LogP contribution in [0.5, 0.6) is 0 Å². The molecule has 1 aromatic heterocycles. The molecule has 7 rings (SSSR count). The second kappa shape index (κ2) is 16.7. The summed E-state index contributed by atoms with van der Waals surface area (Å²) in [4.78, 5) is 76.9. The number of benzene rings is 1. The van der Waals surface area contributed by atoms with Gasteiger partial charge in [-0.2, -0.15) is 0 Å². The van der Waals surface area contributed by atoms with Crippen molar-refractivity contribution in [3.63, 3.8) is 0 Å². The minimum Gasteiger partial charge on any atom is -0.444 e. The Bertz CT molecular complexity index is 2110. The molecule has 3 aliphatic heterocycles. The molecule has 59 heavy (non-hydrogen) atoms. The minimum absolute atomic E-state index is 0.0808. The number of sulfonamides is 1. The van der Waals surface area contributed by atoms with Crippen LogP contribution in [0.2, 0.25) is 0 Å². The molecule has 5 aliphatic rings. The van der Waals surface area contributed by atoms with E-state index in [1.165, 1.54) is 16.2 Å². The number of aromatic nitrogens is 1. The molecule has 18 heteroatoms. The number of carbonyl (C=O) groups is 5. The first-order valence-electron chi connectivity index (χ1n) is 20.6. The number of hydrogen-bond acceptors (Lipinski definition) is 12. The number of nitrogens with one attached hydrogen (secondary N) is 4. The third kappa shape index (κ3) is 10.0. The number of ether oxygens (including phenoxy) is 2. The molecule has 2 saturated carbocycles. The Morgan fingerprint density at radius 3 is 2.54 bits per heavy atom. The van der Waals surface area contributed by atoms with Crippen molar-refractivity contribution in [3.8, 4) is 11.3 Å². The molecule has 5 amide bonds. The lowest BCUT2D eigenvalue weighted by Gasteiger charge is -2.30. The number of amides is 5. The number of anilines is 1. The quantitative estimate of drug-likeness (QED) is 0.262. The van der Waals surface area contributed by atoms with E-state index in [0.717, 1.165) is 40.4 Å². The van der Waals surface area contributed by atoms with Crippen LogP contribution in [0.25, 0.3) is 11.3 Å². The first-order valence-corrected chi connectivity index (χ1v) is 23.0. The van der Waals surface area contributed by atoms with E-state index in [4.69, 9.17) is 14.5 Å². The van der Waals surface area contributed by atoms with Gasteiger partial charge in [0.25, 0.3) is 5.91 Å². The second-order valence-electron chi connectivity index (χ2n) is 17.6. The largest absolute Gasteiger partial charge is 0.444 e. The molecule has 1 aromatic carbocycles. The summed E-state index contributed by atoms with van der Waals surface area (Å²) in [5, 5.41) is 11.0. The smallest absolute Gasteiger partial charge is 0.410 e. The normalized spacial score (nSPS) is 26.7.